The van der Waals surface area contributed by atoms with Gasteiger partial charge in [0.1, 0.15) is 5.84 Å². The highest BCUT2D eigenvalue weighted by molar-refractivity contribution is 5.90. The molecule has 1 heterocycles. The molecule has 0 radical (unpaired) electrons. The minimum Gasteiger partial charge on any atom is -0.350 e. The number of urea groups is 1. The van der Waals surface area contributed by atoms with Crippen molar-refractivity contribution in [2.24, 2.45) is 16.6 Å². The molecule has 5 nitrogen and oxygen atoms in total. The zero-order valence-electron chi connectivity index (χ0n) is 7.40. The van der Waals surface area contributed by atoms with Crippen molar-refractivity contribution in [2.45, 2.75) is 12.5 Å². The van der Waals surface area contributed by atoms with Crippen LogP contribution in [0.25, 0.3) is 0 Å². The predicted molar refractivity (Wildman–Crippen MR) is 49.0 cm³/mol. The first-order valence-corrected chi connectivity index (χ1v) is 4.22. The second-order valence-electron chi connectivity index (χ2n) is 3.32. The fourth-order valence-electron chi connectivity index (χ4n) is 1.59. The fraction of sp³-hybridized carbons (Fsp3) is 0.500. The molecule has 0 aromatic heterocycles. The first-order chi connectivity index (χ1) is 6.16. The van der Waals surface area contributed by atoms with Gasteiger partial charge in [-0.3, -0.25) is 10.4 Å². The van der Waals surface area contributed by atoms with E-state index in [9.17, 15) is 4.79 Å². The first kappa shape index (κ1) is 8.10. The monoisotopic (exact) mass is 180 g/mol. The summed E-state index contributed by atoms with van der Waals surface area (Å²) in [7, 11) is 1.58. The van der Waals surface area contributed by atoms with E-state index in [2.05, 4.69) is 22.6 Å². The number of nitrogens with one attached hydrogen (secondary N) is 1. The second-order valence-corrected chi connectivity index (χ2v) is 3.32. The second kappa shape index (κ2) is 2.76. The maximum absolute atomic E-state index is 10.7. The summed E-state index contributed by atoms with van der Waals surface area (Å²) < 4.78 is 0. The third-order valence-electron chi connectivity index (χ3n) is 2.33. The summed E-state index contributed by atoms with van der Waals surface area (Å²) in [6.45, 7) is 0. The molecule has 3 N–H and O–H groups in total. The number of carbonyl (C=O) groups is 1. The molecule has 70 valence electrons. The Hall–Kier alpha value is -1.52. The Morgan fingerprint density at radius 2 is 2.54 bits per heavy atom. The highest BCUT2D eigenvalue weighted by Gasteiger charge is 2.30. The molecular formula is C8H12N4O. The van der Waals surface area contributed by atoms with Gasteiger partial charge in [0.2, 0.25) is 0 Å². The van der Waals surface area contributed by atoms with E-state index in [4.69, 9.17) is 5.73 Å². The molecule has 2 unspecified atom stereocenters. The topological polar surface area (TPSA) is 70.7 Å². The summed E-state index contributed by atoms with van der Waals surface area (Å²) in [4.78, 5) is 15.1. The molecule has 2 amide bonds. The lowest BCUT2D eigenvalue weighted by atomic mass is 10.1. The average molecular weight is 180 g/mol. The van der Waals surface area contributed by atoms with Crippen LogP contribution in [0.15, 0.2) is 17.1 Å². The van der Waals surface area contributed by atoms with Crippen molar-refractivity contribution in [3.05, 3.63) is 12.2 Å². The van der Waals surface area contributed by atoms with Gasteiger partial charge in [-0.15, -0.1) is 0 Å². The Bertz CT molecular complexity index is 297. The van der Waals surface area contributed by atoms with Crippen molar-refractivity contribution < 1.29 is 4.79 Å². The molecular weight excluding hydrogens is 168 g/mol. The van der Waals surface area contributed by atoms with Gasteiger partial charge in [0.25, 0.3) is 0 Å². The van der Waals surface area contributed by atoms with E-state index in [0.717, 1.165) is 12.3 Å². The number of nitrogens with zero attached hydrogens (tertiary/aromatic N) is 2. The third-order valence-corrected chi connectivity index (χ3v) is 2.33. The van der Waals surface area contributed by atoms with Gasteiger partial charge in [-0.2, -0.15) is 0 Å². The van der Waals surface area contributed by atoms with Gasteiger partial charge in [0.15, 0.2) is 0 Å². The van der Waals surface area contributed by atoms with Gasteiger partial charge in [-0.1, -0.05) is 12.2 Å². The normalized spacial score (nSPS) is 28.8. The van der Waals surface area contributed by atoms with Crippen LogP contribution < -0.4 is 11.2 Å². The van der Waals surface area contributed by atoms with Crippen molar-refractivity contribution in [1.29, 1.82) is 0 Å². The van der Waals surface area contributed by atoms with Crippen LogP contribution in [-0.4, -0.2) is 30.0 Å². The van der Waals surface area contributed by atoms with Crippen LogP contribution in [0.4, 0.5) is 4.79 Å². The molecule has 1 aliphatic heterocycles. The van der Waals surface area contributed by atoms with Crippen molar-refractivity contribution >= 4 is 11.9 Å². The number of aliphatic imine (C=N–C) groups is 1. The van der Waals surface area contributed by atoms with Gasteiger partial charge in [0, 0.05) is 13.0 Å². The van der Waals surface area contributed by atoms with E-state index >= 15 is 0 Å². The van der Waals surface area contributed by atoms with Crippen molar-refractivity contribution in [2.75, 3.05) is 7.05 Å². The summed E-state index contributed by atoms with van der Waals surface area (Å²) >= 11 is 0. The number of dihydropyridines is 1. The van der Waals surface area contributed by atoms with Crippen molar-refractivity contribution in [3.8, 4) is 0 Å². The quantitative estimate of drug-likeness (QED) is 0.402. The van der Waals surface area contributed by atoms with E-state index in [-0.39, 0.29) is 0 Å². The largest absolute Gasteiger partial charge is 0.350 e. The zero-order valence-corrected chi connectivity index (χ0v) is 7.40. The standard InChI is InChI=1S/C8H12N4O/c1-12(8(9)13)11-7-5-2-3-6(4-5)10-7/h2-3,5-6H,4H2,1H3,(H2,9,13)(H,10,11). The summed E-state index contributed by atoms with van der Waals surface area (Å²) in [6, 6.07) is -0.205. The smallest absolute Gasteiger partial charge is 0.333 e. The lowest BCUT2D eigenvalue weighted by molar-refractivity contribution is 0.209. The van der Waals surface area contributed by atoms with Crippen LogP contribution >= 0.6 is 0 Å². The van der Waals surface area contributed by atoms with Gasteiger partial charge >= 0.3 is 6.03 Å². The molecule has 0 saturated carbocycles. The van der Waals surface area contributed by atoms with Crippen LogP contribution in [0.1, 0.15) is 6.42 Å². The Labute approximate surface area is 76.3 Å². The number of primary amides is 1. The predicted octanol–water partition coefficient (Wildman–Crippen LogP) is -0.142. The molecule has 0 saturated heterocycles. The summed E-state index contributed by atoms with van der Waals surface area (Å²) in [5, 5.41) is 1.24. The number of rotatable bonds is 0. The van der Waals surface area contributed by atoms with Crippen LogP contribution in [-0.2, 0) is 0 Å². The minimum atomic E-state index is -0.505. The van der Waals surface area contributed by atoms with Gasteiger partial charge in [-0.25, -0.2) is 9.80 Å². The summed E-state index contributed by atoms with van der Waals surface area (Å²) in [6.07, 6.45) is 5.21. The van der Waals surface area contributed by atoms with Crippen LogP contribution in [0.3, 0.4) is 0 Å². The molecule has 0 aromatic carbocycles. The minimum absolute atomic E-state index is 0.300. The molecule has 0 spiro atoms. The van der Waals surface area contributed by atoms with E-state index in [1.54, 1.807) is 7.05 Å². The molecule has 1 aliphatic carbocycles. The Balaban J connectivity index is 1.97. The number of hydrogen-bond donors (Lipinski definition) is 2. The summed E-state index contributed by atoms with van der Waals surface area (Å²) in [5.74, 6) is 1.18. The van der Waals surface area contributed by atoms with Crippen LogP contribution in [0.5, 0.6) is 0 Å². The Kier molecular flexibility index (Phi) is 1.72. The molecule has 2 rings (SSSR count). The number of amides is 2. The van der Waals surface area contributed by atoms with E-state index in [1.165, 1.54) is 5.01 Å². The lowest BCUT2D eigenvalue weighted by Crippen LogP contribution is -2.47. The molecule has 2 bridgehead atoms. The molecule has 2 aliphatic rings. The SMILES string of the molecule is CN(NC1=NC2C=CC1C2)C(N)=O. The van der Waals surface area contributed by atoms with E-state index in [0.29, 0.717) is 12.0 Å². The first-order valence-electron chi connectivity index (χ1n) is 4.22. The van der Waals surface area contributed by atoms with E-state index < -0.39 is 6.03 Å². The number of hydrazine groups is 1. The number of hydrogen-bond acceptors (Lipinski definition) is 3. The Morgan fingerprint density at radius 3 is 3.00 bits per heavy atom. The van der Waals surface area contributed by atoms with E-state index in [1.807, 2.05) is 0 Å². The number of fused-ring (bicyclic) bond motifs is 2. The number of amidine groups is 1. The number of carbonyl (C=O) groups excluding carboxylic acids is 1. The summed E-state index contributed by atoms with van der Waals surface area (Å²) in [5.41, 5.74) is 7.93. The third kappa shape index (κ3) is 1.37. The molecule has 5 heteroatoms. The lowest BCUT2D eigenvalue weighted by Gasteiger charge is -2.19. The molecule has 2 atom stereocenters. The fourth-order valence-corrected chi connectivity index (χ4v) is 1.59. The zero-order chi connectivity index (χ0) is 9.42. The molecule has 13 heavy (non-hydrogen) atoms. The van der Waals surface area contributed by atoms with Gasteiger partial charge < -0.3 is 5.73 Å². The highest BCUT2D eigenvalue weighted by Crippen LogP contribution is 2.27. The van der Waals surface area contributed by atoms with Crippen molar-refractivity contribution in [1.82, 2.24) is 10.4 Å². The molecule has 0 fully saturated rings. The maximum atomic E-state index is 10.7. The van der Waals surface area contributed by atoms with Gasteiger partial charge in [-0.05, 0) is 6.42 Å². The maximum Gasteiger partial charge on any atom is 0.333 e. The Morgan fingerprint density at radius 1 is 1.77 bits per heavy atom. The average Bonchev–Trinajstić information content (AvgIpc) is 2.64. The molecule has 0 aromatic rings. The van der Waals surface area contributed by atoms with Crippen LogP contribution in [0.2, 0.25) is 0 Å². The highest BCUT2D eigenvalue weighted by atomic mass is 16.2. The number of nitrogens with two attached hydrogens (primary N) is 1. The van der Waals surface area contributed by atoms with Crippen molar-refractivity contribution in [3.63, 3.8) is 0 Å². The van der Waals surface area contributed by atoms with Crippen LogP contribution in [0, 0.1) is 5.92 Å². The van der Waals surface area contributed by atoms with Gasteiger partial charge in [0.05, 0.1) is 6.04 Å².